The molecule has 5 rings (SSSR count). The minimum absolute atomic E-state index is 0.104. The lowest BCUT2D eigenvalue weighted by Gasteiger charge is -2.32. The Kier molecular flexibility index (Phi) is 6.82. The standard InChI is InChI=1S/C31H32N2O5/c1-19-16-24(20(2)32-27-7-5-4-6-23(27)30(35)36)25-18-28(33(3)29(34)26(25)17-19)21-8-10-22(11-9-21)31(37)12-14-38-15-13-31/h4-11,16-18,20,32,37H,12-15H2,1-3H3,(H,35,36). The fourth-order valence-electron chi connectivity index (χ4n) is 5.38. The number of hydrogen-bond donors (Lipinski definition) is 3. The summed E-state index contributed by atoms with van der Waals surface area (Å²) < 4.78 is 7.07. The number of pyridine rings is 1. The number of rotatable bonds is 6. The van der Waals surface area contributed by atoms with E-state index in [9.17, 15) is 19.8 Å². The minimum Gasteiger partial charge on any atom is -0.478 e. The van der Waals surface area contributed by atoms with Crippen LogP contribution in [-0.2, 0) is 17.4 Å². The van der Waals surface area contributed by atoms with E-state index >= 15 is 0 Å². The summed E-state index contributed by atoms with van der Waals surface area (Å²) in [5.41, 5.74) is 4.05. The highest BCUT2D eigenvalue weighted by Gasteiger charge is 2.31. The number of benzene rings is 3. The molecular formula is C31H32N2O5. The van der Waals surface area contributed by atoms with Gasteiger partial charge in [-0.25, -0.2) is 4.79 Å². The lowest BCUT2D eigenvalue weighted by atomic mass is 9.86. The van der Waals surface area contributed by atoms with E-state index in [-0.39, 0.29) is 17.2 Å². The molecular weight excluding hydrogens is 480 g/mol. The Bertz CT molecular complexity index is 1570. The molecule has 0 radical (unpaired) electrons. The number of nitrogens with zero attached hydrogens (tertiary/aromatic N) is 1. The summed E-state index contributed by atoms with van der Waals surface area (Å²) in [6, 6.07) is 20.3. The molecule has 7 nitrogen and oxygen atoms in total. The molecule has 1 saturated heterocycles. The number of carboxylic acid groups (broad SMARTS) is 1. The van der Waals surface area contributed by atoms with Gasteiger partial charge in [0.1, 0.15) is 0 Å². The predicted octanol–water partition coefficient (Wildman–Crippen LogP) is 5.38. The van der Waals surface area contributed by atoms with E-state index in [4.69, 9.17) is 4.74 Å². The molecule has 3 N–H and O–H groups in total. The van der Waals surface area contributed by atoms with Crippen LogP contribution in [-0.4, -0.2) is 34.0 Å². The van der Waals surface area contributed by atoms with Gasteiger partial charge in [-0.3, -0.25) is 4.79 Å². The normalized spacial score (nSPS) is 15.8. The second-order valence-electron chi connectivity index (χ2n) is 10.1. The van der Waals surface area contributed by atoms with Crippen molar-refractivity contribution in [2.24, 2.45) is 7.05 Å². The van der Waals surface area contributed by atoms with Crippen LogP contribution in [0.15, 0.2) is 71.5 Å². The number of aliphatic hydroxyl groups is 1. The highest BCUT2D eigenvalue weighted by atomic mass is 16.5. The van der Waals surface area contributed by atoms with Gasteiger partial charge >= 0.3 is 5.97 Å². The largest absolute Gasteiger partial charge is 0.478 e. The van der Waals surface area contributed by atoms with Crippen molar-refractivity contribution in [1.82, 2.24) is 4.57 Å². The lowest BCUT2D eigenvalue weighted by Crippen LogP contribution is -2.33. The molecule has 1 aromatic heterocycles. The van der Waals surface area contributed by atoms with Gasteiger partial charge in [-0.1, -0.05) is 42.5 Å². The molecule has 196 valence electrons. The SMILES string of the molecule is Cc1cc(C(C)Nc2ccccc2C(=O)O)c2cc(-c3ccc(C4(O)CCOCC4)cc3)n(C)c(=O)c2c1. The number of aromatic carboxylic acids is 1. The van der Waals surface area contributed by atoms with Gasteiger partial charge in [-0.15, -0.1) is 0 Å². The highest BCUT2D eigenvalue weighted by molar-refractivity contribution is 5.94. The molecule has 7 heteroatoms. The van der Waals surface area contributed by atoms with Gasteiger partial charge in [0.2, 0.25) is 0 Å². The predicted molar refractivity (Wildman–Crippen MR) is 149 cm³/mol. The summed E-state index contributed by atoms with van der Waals surface area (Å²) in [4.78, 5) is 25.3. The zero-order chi connectivity index (χ0) is 27.0. The van der Waals surface area contributed by atoms with E-state index in [1.54, 1.807) is 35.9 Å². The number of aryl methyl sites for hydroxylation is 1. The van der Waals surface area contributed by atoms with Crippen LogP contribution in [0.4, 0.5) is 5.69 Å². The van der Waals surface area contributed by atoms with Crippen LogP contribution >= 0.6 is 0 Å². The molecule has 2 heterocycles. The van der Waals surface area contributed by atoms with Crippen LogP contribution in [0.25, 0.3) is 22.0 Å². The number of carbonyl (C=O) groups is 1. The van der Waals surface area contributed by atoms with Crippen LogP contribution in [0.5, 0.6) is 0 Å². The molecule has 0 aliphatic carbocycles. The smallest absolute Gasteiger partial charge is 0.337 e. The Hall–Kier alpha value is -3.94. The third-order valence-corrected chi connectivity index (χ3v) is 7.57. The first-order chi connectivity index (χ1) is 18.2. The fourth-order valence-corrected chi connectivity index (χ4v) is 5.38. The van der Waals surface area contributed by atoms with Gasteiger partial charge in [0, 0.05) is 50.2 Å². The number of ether oxygens (including phenoxy) is 1. The zero-order valence-corrected chi connectivity index (χ0v) is 21.8. The Morgan fingerprint density at radius 1 is 1.03 bits per heavy atom. The first-order valence-corrected chi connectivity index (χ1v) is 12.8. The molecule has 1 unspecified atom stereocenters. The Morgan fingerprint density at radius 3 is 2.39 bits per heavy atom. The van der Waals surface area contributed by atoms with Crippen molar-refractivity contribution in [3.8, 4) is 11.3 Å². The molecule has 0 spiro atoms. The van der Waals surface area contributed by atoms with Gasteiger partial charge in [-0.05, 0) is 65.8 Å². The van der Waals surface area contributed by atoms with Gasteiger partial charge in [-0.2, -0.15) is 0 Å². The number of carboxylic acids is 1. The van der Waals surface area contributed by atoms with Crippen LogP contribution in [0.3, 0.4) is 0 Å². The second kappa shape index (κ2) is 10.1. The molecule has 1 aliphatic heterocycles. The van der Waals surface area contributed by atoms with E-state index in [1.807, 2.05) is 56.3 Å². The van der Waals surface area contributed by atoms with Gasteiger partial charge in [0.15, 0.2) is 0 Å². The van der Waals surface area contributed by atoms with Crippen LogP contribution in [0.1, 0.15) is 52.9 Å². The highest BCUT2D eigenvalue weighted by Crippen LogP contribution is 2.34. The molecule has 38 heavy (non-hydrogen) atoms. The molecule has 0 bridgehead atoms. The Balaban J connectivity index is 1.58. The van der Waals surface area contributed by atoms with Crippen LogP contribution in [0, 0.1) is 6.92 Å². The van der Waals surface area contributed by atoms with Crippen molar-refractivity contribution in [3.05, 3.63) is 99.3 Å². The van der Waals surface area contributed by atoms with Crippen LogP contribution < -0.4 is 10.9 Å². The van der Waals surface area contributed by atoms with Gasteiger partial charge in [0.05, 0.1) is 16.9 Å². The van der Waals surface area contributed by atoms with Crippen molar-refractivity contribution in [3.63, 3.8) is 0 Å². The first kappa shape index (κ1) is 25.7. The van der Waals surface area contributed by atoms with Gasteiger partial charge < -0.3 is 24.8 Å². The molecule has 1 atom stereocenters. The van der Waals surface area contributed by atoms with Crippen molar-refractivity contribution in [2.75, 3.05) is 18.5 Å². The molecule has 1 aliphatic rings. The summed E-state index contributed by atoms with van der Waals surface area (Å²) in [5, 5.41) is 25.4. The Labute approximate surface area is 221 Å². The van der Waals surface area contributed by atoms with E-state index in [0.29, 0.717) is 37.1 Å². The summed E-state index contributed by atoms with van der Waals surface area (Å²) in [6.07, 6.45) is 1.11. The Morgan fingerprint density at radius 2 is 1.71 bits per heavy atom. The van der Waals surface area contributed by atoms with Crippen molar-refractivity contribution in [2.45, 2.75) is 38.3 Å². The number of nitrogens with one attached hydrogen (secondary N) is 1. The minimum atomic E-state index is -1.00. The van der Waals surface area contributed by atoms with E-state index in [1.165, 1.54) is 0 Å². The van der Waals surface area contributed by atoms with E-state index in [2.05, 4.69) is 5.32 Å². The maximum atomic E-state index is 13.5. The van der Waals surface area contributed by atoms with Crippen LogP contribution in [0.2, 0.25) is 0 Å². The summed E-state index contributed by atoms with van der Waals surface area (Å²) in [7, 11) is 1.77. The van der Waals surface area contributed by atoms with Gasteiger partial charge in [0.25, 0.3) is 5.56 Å². The van der Waals surface area contributed by atoms with Crippen molar-refractivity contribution < 1.29 is 19.7 Å². The fraction of sp³-hybridized carbons (Fsp3) is 0.290. The number of anilines is 1. The third-order valence-electron chi connectivity index (χ3n) is 7.57. The third kappa shape index (κ3) is 4.71. The van der Waals surface area contributed by atoms with E-state index in [0.717, 1.165) is 33.3 Å². The second-order valence-corrected chi connectivity index (χ2v) is 10.1. The van der Waals surface area contributed by atoms with E-state index < -0.39 is 11.6 Å². The zero-order valence-electron chi connectivity index (χ0n) is 21.8. The number of fused-ring (bicyclic) bond motifs is 1. The average molecular weight is 513 g/mol. The summed E-state index contributed by atoms with van der Waals surface area (Å²) >= 11 is 0. The number of aromatic nitrogens is 1. The quantitative estimate of drug-likeness (QED) is 0.321. The summed E-state index contributed by atoms with van der Waals surface area (Å²) in [5.74, 6) is -1.00. The lowest BCUT2D eigenvalue weighted by molar-refractivity contribution is -0.0679. The maximum absolute atomic E-state index is 13.5. The summed E-state index contributed by atoms with van der Waals surface area (Å²) in [6.45, 7) is 4.98. The maximum Gasteiger partial charge on any atom is 0.337 e. The monoisotopic (exact) mass is 512 g/mol. The van der Waals surface area contributed by atoms with Crippen molar-refractivity contribution >= 4 is 22.4 Å². The molecule has 4 aromatic rings. The van der Waals surface area contributed by atoms with Crippen molar-refractivity contribution in [1.29, 1.82) is 0 Å². The topological polar surface area (TPSA) is 101 Å². The first-order valence-electron chi connectivity index (χ1n) is 12.8. The molecule has 0 saturated carbocycles. The molecule has 1 fully saturated rings. The number of hydrogen-bond acceptors (Lipinski definition) is 5. The average Bonchev–Trinajstić information content (AvgIpc) is 2.91. The molecule has 0 amide bonds. The number of para-hydroxylation sites is 1. The molecule has 3 aromatic carbocycles.